The Labute approximate surface area is 188 Å². The van der Waals surface area contributed by atoms with Crippen molar-refractivity contribution in [1.29, 1.82) is 0 Å². The van der Waals surface area contributed by atoms with Crippen LogP contribution in [0.4, 0.5) is 0 Å². The van der Waals surface area contributed by atoms with Crippen molar-refractivity contribution in [3.63, 3.8) is 0 Å². The third-order valence-corrected chi connectivity index (χ3v) is 5.68. The molecule has 0 aliphatic carbocycles. The number of ether oxygens (including phenoxy) is 2. The van der Waals surface area contributed by atoms with Crippen molar-refractivity contribution in [2.24, 2.45) is 0 Å². The normalized spacial score (nSPS) is 17.4. The first kappa shape index (κ1) is 23.7. The summed E-state index contributed by atoms with van der Waals surface area (Å²) in [5.41, 5.74) is 0.406. The number of carbonyl (C=O) groups excluding carboxylic acids is 4. The molecule has 3 rings (SSSR count). The van der Waals surface area contributed by atoms with Crippen LogP contribution in [0.1, 0.15) is 43.0 Å². The minimum atomic E-state index is -0.439. The Morgan fingerprint density at radius 1 is 1.06 bits per heavy atom. The zero-order chi connectivity index (χ0) is 22.9. The van der Waals surface area contributed by atoms with E-state index in [1.54, 1.807) is 29.2 Å². The number of piperidine rings is 1. The van der Waals surface area contributed by atoms with E-state index in [-0.39, 0.29) is 49.9 Å². The summed E-state index contributed by atoms with van der Waals surface area (Å²) in [5, 5.41) is 3.25. The van der Waals surface area contributed by atoms with Gasteiger partial charge >= 0.3 is 5.97 Å². The Morgan fingerprint density at radius 2 is 1.78 bits per heavy atom. The van der Waals surface area contributed by atoms with Gasteiger partial charge in [0, 0.05) is 11.6 Å². The van der Waals surface area contributed by atoms with E-state index >= 15 is 0 Å². The molecule has 0 radical (unpaired) electrons. The van der Waals surface area contributed by atoms with Gasteiger partial charge in [0.2, 0.25) is 11.8 Å². The van der Waals surface area contributed by atoms with Crippen LogP contribution in [0.15, 0.2) is 24.3 Å². The van der Waals surface area contributed by atoms with Gasteiger partial charge < -0.3 is 24.6 Å². The molecule has 2 saturated heterocycles. The van der Waals surface area contributed by atoms with Crippen LogP contribution in [0.5, 0.6) is 5.75 Å². The molecule has 1 N–H and O–H groups in total. The lowest BCUT2D eigenvalue weighted by Gasteiger charge is -2.40. The number of benzene rings is 1. The molecule has 0 bridgehead atoms. The highest BCUT2D eigenvalue weighted by molar-refractivity contribution is 6.01. The molecule has 2 aliphatic rings. The van der Waals surface area contributed by atoms with Crippen molar-refractivity contribution in [1.82, 2.24) is 15.1 Å². The second kappa shape index (κ2) is 11.6. The third kappa shape index (κ3) is 6.53. The van der Waals surface area contributed by atoms with Crippen LogP contribution < -0.4 is 10.1 Å². The molecule has 0 saturated carbocycles. The molecule has 2 fully saturated rings. The van der Waals surface area contributed by atoms with E-state index in [1.807, 2.05) is 6.92 Å². The van der Waals surface area contributed by atoms with Gasteiger partial charge in [0.15, 0.2) is 12.4 Å². The molecule has 2 amide bonds. The lowest BCUT2D eigenvalue weighted by Crippen LogP contribution is -2.59. The van der Waals surface area contributed by atoms with E-state index in [2.05, 4.69) is 5.32 Å². The molecule has 9 nitrogen and oxygen atoms in total. The molecule has 9 heteroatoms. The predicted molar refractivity (Wildman–Crippen MR) is 116 cm³/mol. The number of carbonyl (C=O) groups is 4. The zero-order valence-electron chi connectivity index (χ0n) is 18.5. The van der Waals surface area contributed by atoms with E-state index in [4.69, 9.17) is 9.47 Å². The molecular formula is C23H31N3O6. The van der Waals surface area contributed by atoms with Gasteiger partial charge in [-0.2, -0.15) is 0 Å². The first-order valence-corrected chi connectivity index (χ1v) is 11.2. The summed E-state index contributed by atoms with van der Waals surface area (Å²) < 4.78 is 10.4. The lowest BCUT2D eigenvalue weighted by molar-refractivity contribution is -0.152. The van der Waals surface area contributed by atoms with E-state index in [0.717, 1.165) is 38.8 Å². The molecular weight excluding hydrogens is 414 g/mol. The van der Waals surface area contributed by atoms with Crippen LogP contribution in [0.3, 0.4) is 0 Å². The van der Waals surface area contributed by atoms with Crippen LogP contribution in [0, 0.1) is 0 Å². The fourth-order valence-corrected chi connectivity index (χ4v) is 3.79. The van der Waals surface area contributed by atoms with Crippen LogP contribution in [-0.4, -0.2) is 85.3 Å². The monoisotopic (exact) mass is 445 g/mol. The Hall–Kier alpha value is -2.94. The Bertz CT molecular complexity index is 820. The molecule has 32 heavy (non-hydrogen) atoms. The minimum Gasteiger partial charge on any atom is -0.482 e. The highest BCUT2D eigenvalue weighted by atomic mass is 16.6. The molecule has 0 aromatic heterocycles. The standard InChI is InChI=1S/C23H31N3O6/c1-2-3-12-31-23(30)16-32-19-6-4-17(5-7-19)20(27)13-25-14-22(29)26(15-21(25)28)18-8-10-24-11-9-18/h4-7,18,24H,2-3,8-16H2,1H3. The van der Waals surface area contributed by atoms with Crippen molar-refractivity contribution in [3.8, 4) is 5.75 Å². The predicted octanol–water partition coefficient (Wildman–Crippen LogP) is 1.01. The SMILES string of the molecule is CCCCOC(=O)COc1ccc(C(=O)CN2CC(=O)N(C3CCNCC3)CC2=O)cc1. The number of esters is 1. The van der Waals surface area contributed by atoms with Crippen LogP contribution >= 0.6 is 0 Å². The number of rotatable bonds is 10. The van der Waals surface area contributed by atoms with Crippen molar-refractivity contribution < 1.29 is 28.7 Å². The van der Waals surface area contributed by atoms with Gasteiger partial charge in [0.05, 0.1) is 13.2 Å². The number of hydrogen-bond donors (Lipinski definition) is 1. The molecule has 0 unspecified atom stereocenters. The molecule has 0 spiro atoms. The van der Waals surface area contributed by atoms with Crippen LogP contribution in [-0.2, 0) is 19.1 Å². The summed E-state index contributed by atoms with van der Waals surface area (Å²) in [5.74, 6) is -0.579. The van der Waals surface area contributed by atoms with Gasteiger partial charge in [-0.15, -0.1) is 0 Å². The first-order chi connectivity index (χ1) is 15.5. The smallest absolute Gasteiger partial charge is 0.344 e. The van der Waals surface area contributed by atoms with Gasteiger partial charge in [-0.05, 0) is 56.6 Å². The average molecular weight is 446 g/mol. The summed E-state index contributed by atoms with van der Waals surface area (Å²) in [4.78, 5) is 52.3. The molecule has 2 heterocycles. The zero-order valence-corrected chi connectivity index (χ0v) is 18.5. The van der Waals surface area contributed by atoms with Crippen molar-refractivity contribution in [2.75, 3.05) is 45.9 Å². The number of nitrogens with zero attached hydrogens (tertiary/aromatic N) is 2. The Balaban J connectivity index is 1.47. The summed E-state index contributed by atoms with van der Waals surface area (Å²) in [6, 6.07) is 6.43. The quantitative estimate of drug-likeness (QED) is 0.326. The number of piperazine rings is 1. The minimum absolute atomic E-state index is 0.0257. The number of amides is 2. The van der Waals surface area contributed by atoms with E-state index < -0.39 is 5.97 Å². The Morgan fingerprint density at radius 3 is 2.47 bits per heavy atom. The van der Waals surface area contributed by atoms with Gasteiger partial charge in [-0.1, -0.05) is 13.3 Å². The Kier molecular flexibility index (Phi) is 8.61. The lowest BCUT2D eigenvalue weighted by atomic mass is 10.0. The number of hydrogen-bond acceptors (Lipinski definition) is 7. The summed E-state index contributed by atoms with van der Waals surface area (Å²) in [6.45, 7) is 3.67. The molecule has 0 atom stereocenters. The largest absolute Gasteiger partial charge is 0.482 e. The second-order valence-corrected chi connectivity index (χ2v) is 8.06. The molecule has 1 aromatic carbocycles. The van der Waals surface area contributed by atoms with Gasteiger partial charge in [0.25, 0.3) is 0 Å². The maximum absolute atomic E-state index is 12.6. The molecule has 1 aromatic rings. The highest BCUT2D eigenvalue weighted by Crippen LogP contribution is 2.17. The number of unbranched alkanes of at least 4 members (excludes halogenated alkanes) is 1. The fourth-order valence-electron chi connectivity index (χ4n) is 3.79. The summed E-state index contributed by atoms with van der Waals surface area (Å²) in [7, 11) is 0. The topological polar surface area (TPSA) is 105 Å². The highest BCUT2D eigenvalue weighted by Gasteiger charge is 2.35. The summed E-state index contributed by atoms with van der Waals surface area (Å²) >= 11 is 0. The first-order valence-electron chi connectivity index (χ1n) is 11.2. The van der Waals surface area contributed by atoms with E-state index in [0.29, 0.717) is 17.9 Å². The summed E-state index contributed by atoms with van der Waals surface area (Å²) in [6.07, 6.45) is 3.42. The van der Waals surface area contributed by atoms with E-state index in [9.17, 15) is 19.2 Å². The second-order valence-electron chi connectivity index (χ2n) is 8.06. The van der Waals surface area contributed by atoms with Crippen molar-refractivity contribution in [2.45, 2.75) is 38.6 Å². The van der Waals surface area contributed by atoms with Crippen molar-refractivity contribution in [3.05, 3.63) is 29.8 Å². The van der Waals surface area contributed by atoms with Gasteiger partial charge in [-0.3, -0.25) is 14.4 Å². The maximum Gasteiger partial charge on any atom is 0.344 e. The van der Waals surface area contributed by atoms with Crippen LogP contribution in [0.2, 0.25) is 0 Å². The van der Waals surface area contributed by atoms with Gasteiger partial charge in [-0.25, -0.2) is 4.79 Å². The number of Topliss-reactive ketones (excluding diaryl/α,β-unsaturated/α-hetero) is 1. The average Bonchev–Trinajstić information content (AvgIpc) is 2.81. The maximum atomic E-state index is 12.6. The van der Waals surface area contributed by atoms with E-state index in [1.165, 1.54) is 4.90 Å². The number of ketones is 1. The molecule has 2 aliphatic heterocycles. The third-order valence-electron chi connectivity index (χ3n) is 5.68. The van der Waals surface area contributed by atoms with Crippen molar-refractivity contribution >= 4 is 23.6 Å². The molecule has 174 valence electrons. The van der Waals surface area contributed by atoms with Gasteiger partial charge in [0.1, 0.15) is 18.8 Å². The van der Waals surface area contributed by atoms with Crippen LogP contribution in [0.25, 0.3) is 0 Å². The number of nitrogens with one attached hydrogen (secondary N) is 1. The fraction of sp³-hybridized carbons (Fsp3) is 0.565.